The van der Waals surface area contributed by atoms with E-state index in [0.29, 0.717) is 0 Å². The predicted octanol–water partition coefficient (Wildman–Crippen LogP) is 10.8. The second kappa shape index (κ2) is 13.1. The molecule has 44 heavy (non-hydrogen) atoms. The molecule has 248 valence electrons. The topological polar surface area (TPSA) is 6.48 Å². The minimum atomic E-state index is 0.962. The summed E-state index contributed by atoms with van der Waals surface area (Å²) in [5.74, 6) is 8.64. The maximum atomic E-state index is 3.25. The molecule has 12 unspecified atom stereocenters. The highest BCUT2D eigenvalue weighted by Crippen LogP contribution is 2.57. The maximum absolute atomic E-state index is 3.25. The Bertz CT molecular complexity index is 875. The Kier molecular flexibility index (Phi) is 8.93. The van der Waals surface area contributed by atoms with Crippen LogP contribution in [0.2, 0.25) is 0 Å². The predicted molar refractivity (Wildman–Crippen MR) is 184 cm³/mol. The molecule has 0 bridgehead atoms. The lowest BCUT2D eigenvalue weighted by molar-refractivity contribution is 0.0306. The number of rotatable bonds is 4. The Morgan fingerprint density at radius 2 is 0.636 bits per heavy atom. The molecule has 0 aromatic rings. The van der Waals surface area contributed by atoms with Crippen molar-refractivity contribution in [1.82, 2.24) is 9.80 Å². The van der Waals surface area contributed by atoms with Crippen molar-refractivity contribution in [3.8, 4) is 0 Å². The second-order valence-electron chi connectivity index (χ2n) is 18.8. The van der Waals surface area contributed by atoms with E-state index in [1.54, 1.807) is 103 Å². The summed E-state index contributed by atoms with van der Waals surface area (Å²) < 4.78 is 0. The normalized spacial score (nSPS) is 49.6. The standard InChI is InChI=1S/C42H70N2/c1-3-14-33(15-4-1)43-39-20-9-7-18-35(39)37-27-31(22-24-41(37)43)29-12-11-13-30(26-29)32-23-25-42-38(28-32)36-19-8-10-21-40(36)44(42)34-16-5-2-6-17-34/h29-42H,1-28H2. The molecule has 0 aromatic carbocycles. The van der Waals surface area contributed by atoms with E-state index >= 15 is 0 Å². The molecule has 9 fully saturated rings. The minimum Gasteiger partial charge on any atom is -0.294 e. The first kappa shape index (κ1) is 30.0. The third-order valence-corrected chi connectivity index (χ3v) is 17.1. The monoisotopic (exact) mass is 603 g/mol. The van der Waals surface area contributed by atoms with Crippen LogP contribution in [0.15, 0.2) is 0 Å². The third kappa shape index (κ3) is 5.41. The first-order valence-electron chi connectivity index (χ1n) is 21.4. The Morgan fingerprint density at radius 1 is 0.250 bits per heavy atom. The summed E-state index contributed by atoms with van der Waals surface area (Å²) in [6.45, 7) is 0. The van der Waals surface area contributed by atoms with E-state index in [2.05, 4.69) is 9.80 Å². The van der Waals surface area contributed by atoms with Crippen molar-refractivity contribution in [2.75, 3.05) is 0 Å². The van der Waals surface area contributed by atoms with Crippen LogP contribution in [0, 0.1) is 47.3 Å². The Morgan fingerprint density at radius 3 is 1.11 bits per heavy atom. The number of hydrogen-bond donors (Lipinski definition) is 0. The quantitative estimate of drug-likeness (QED) is 0.316. The van der Waals surface area contributed by atoms with Crippen molar-refractivity contribution >= 4 is 0 Å². The van der Waals surface area contributed by atoms with Gasteiger partial charge in [-0.1, -0.05) is 83.5 Å². The van der Waals surface area contributed by atoms with Gasteiger partial charge in [0.15, 0.2) is 0 Å². The zero-order valence-electron chi connectivity index (χ0n) is 28.8. The van der Waals surface area contributed by atoms with Gasteiger partial charge in [0.05, 0.1) is 0 Å². The fourth-order valence-electron chi connectivity index (χ4n) is 15.4. The van der Waals surface area contributed by atoms with Crippen LogP contribution in [-0.4, -0.2) is 46.1 Å². The second-order valence-corrected chi connectivity index (χ2v) is 18.8. The lowest BCUT2D eigenvalue weighted by Crippen LogP contribution is -2.48. The van der Waals surface area contributed by atoms with Gasteiger partial charge in [0, 0.05) is 36.3 Å². The van der Waals surface area contributed by atoms with Gasteiger partial charge in [-0.2, -0.15) is 0 Å². The van der Waals surface area contributed by atoms with Gasteiger partial charge in [-0.15, -0.1) is 0 Å². The first-order chi connectivity index (χ1) is 21.8. The van der Waals surface area contributed by atoms with Crippen LogP contribution < -0.4 is 0 Å². The van der Waals surface area contributed by atoms with Crippen LogP contribution in [0.5, 0.6) is 0 Å². The zero-order valence-corrected chi connectivity index (χ0v) is 28.8. The SMILES string of the molecule is C1CCC(N2C3CCCCC3C3CC(C4CCCC(C5CCC6C(C5)C5CCCCC5N6C5CCCCC5)C4)CCC32)CC1. The first-order valence-corrected chi connectivity index (χ1v) is 21.4. The largest absolute Gasteiger partial charge is 0.294 e. The van der Waals surface area contributed by atoms with E-state index in [4.69, 9.17) is 0 Å². The van der Waals surface area contributed by atoms with E-state index < -0.39 is 0 Å². The molecule has 2 heteroatoms. The van der Waals surface area contributed by atoms with Gasteiger partial charge in [0.25, 0.3) is 0 Å². The highest BCUT2D eigenvalue weighted by atomic mass is 15.3. The molecule has 9 aliphatic rings. The molecule has 0 amide bonds. The molecular formula is C42H70N2. The van der Waals surface area contributed by atoms with Gasteiger partial charge < -0.3 is 0 Å². The van der Waals surface area contributed by atoms with E-state index in [1.807, 2.05) is 0 Å². The van der Waals surface area contributed by atoms with Crippen molar-refractivity contribution < 1.29 is 0 Å². The molecule has 2 saturated heterocycles. The third-order valence-electron chi connectivity index (χ3n) is 17.1. The van der Waals surface area contributed by atoms with E-state index in [-0.39, 0.29) is 0 Å². The smallest absolute Gasteiger partial charge is 0.0133 e. The highest BCUT2D eigenvalue weighted by Gasteiger charge is 2.55. The molecule has 0 aromatic heterocycles. The van der Waals surface area contributed by atoms with Gasteiger partial charge in [-0.3, -0.25) is 9.80 Å². The van der Waals surface area contributed by atoms with Crippen LogP contribution in [0.1, 0.15) is 180 Å². The molecule has 7 saturated carbocycles. The molecule has 2 nitrogen and oxygen atoms in total. The summed E-state index contributed by atoms with van der Waals surface area (Å²) in [5, 5.41) is 0. The Labute approximate surface area is 272 Å². The van der Waals surface area contributed by atoms with Gasteiger partial charge >= 0.3 is 0 Å². The fraction of sp³-hybridized carbons (Fsp3) is 1.00. The van der Waals surface area contributed by atoms with Gasteiger partial charge in [-0.25, -0.2) is 0 Å². The fourth-order valence-corrected chi connectivity index (χ4v) is 15.4. The lowest BCUT2D eigenvalue weighted by atomic mass is 9.60. The van der Waals surface area contributed by atoms with Crippen LogP contribution >= 0.6 is 0 Å². The van der Waals surface area contributed by atoms with Gasteiger partial charge in [0.2, 0.25) is 0 Å². The number of nitrogens with zero attached hydrogens (tertiary/aromatic N) is 2. The molecular weight excluding hydrogens is 532 g/mol. The van der Waals surface area contributed by atoms with E-state index in [0.717, 1.165) is 83.6 Å². The molecule has 7 aliphatic carbocycles. The average molecular weight is 603 g/mol. The van der Waals surface area contributed by atoms with Crippen LogP contribution in [-0.2, 0) is 0 Å². The lowest BCUT2D eigenvalue weighted by Gasteiger charge is -2.47. The number of likely N-dealkylation sites (tertiary alicyclic amines) is 2. The van der Waals surface area contributed by atoms with Crippen LogP contribution in [0.3, 0.4) is 0 Å². The minimum absolute atomic E-state index is 0.962. The van der Waals surface area contributed by atoms with E-state index in [9.17, 15) is 0 Å². The van der Waals surface area contributed by atoms with Gasteiger partial charge in [0.1, 0.15) is 0 Å². The highest BCUT2D eigenvalue weighted by molar-refractivity contribution is 5.08. The summed E-state index contributed by atoms with van der Waals surface area (Å²) in [6.07, 6.45) is 43.7. The van der Waals surface area contributed by atoms with Gasteiger partial charge in [-0.05, 0) is 144 Å². The molecule has 12 atom stereocenters. The average Bonchev–Trinajstić information content (AvgIpc) is 3.61. The van der Waals surface area contributed by atoms with Crippen molar-refractivity contribution in [2.24, 2.45) is 47.3 Å². The summed E-state index contributed by atoms with van der Waals surface area (Å²) in [6, 6.07) is 5.85. The summed E-state index contributed by atoms with van der Waals surface area (Å²) in [7, 11) is 0. The van der Waals surface area contributed by atoms with Crippen molar-refractivity contribution in [3.63, 3.8) is 0 Å². The molecule has 0 spiro atoms. The van der Waals surface area contributed by atoms with Crippen LogP contribution in [0.25, 0.3) is 0 Å². The zero-order chi connectivity index (χ0) is 29.0. The number of hydrogen-bond acceptors (Lipinski definition) is 2. The summed E-state index contributed by atoms with van der Waals surface area (Å²) in [5.41, 5.74) is 0. The molecule has 2 heterocycles. The maximum Gasteiger partial charge on any atom is 0.0133 e. The summed E-state index contributed by atoms with van der Waals surface area (Å²) in [4.78, 5) is 6.51. The van der Waals surface area contributed by atoms with Crippen molar-refractivity contribution in [3.05, 3.63) is 0 Å². The molecule has 2 aliphatic heterocycles. The van der Waals surface area contributed by atoms with E-state index in [1.165, 1.54) is 77.0 Å². The number of fused-ring (bicyclic) bond motifs is 6. The van der Waals surface area contributed by atoms with Crippen molar-refractivity contribution in [1.29, 1.82) is 0 Å². The molecule has 0 radical (unpaired) electrons. The van der Waals surface area contributed by atoms with Crippen molar-refractivity contribution in [2.45, 2.75) is 216 Å². The molecule has 0 N–H and O–H groups in total. The van der Waals surface area contributed by atoms with Crippen LogP contribution in [0.4, 0.5) is 0 Å². The summed E-state index contributed by atoms with van der Waals surface area (Å²) >= 11 is 0. The Balaban J connectivity index is 0.864. The molecule has 9 rings (SSSR count). The Hall–Kier alpha value is -0.0800.